The molecule has 3 fully saturated rings. The summed E-state index contributed by atoms with van der Waals surface area (Å²) in [6.07, 6.45) is 2.35. The lowest BCUT2D eigenvalue weighted by atomic mass is 9.87. The van der Waals surface area contributed by atoms with E-state index in [1.807, 2.05) is 85.9 Å². The van der Waals surface area contributed by atoms with Gasteiger partial charge in [-0.05, 0) is 100 Å². The summed E-state index contributed by atoms with van der Waals surface area (Å²) in [4.78, 5) is 53.8. The molecule has 4 aromatic heterocycles. The number of rotatable bonds is 16. The highest BCUT2D eigenvalue weighted by Gasteiger charge is 2.56. The van der Waals surface area contributed by atoms with Crippen LogP contribution in [0, 0.1) is 0 Å². The summed E-state index contributed by atoms with van der Waals surface area (Å²) in [5.41, 5.74) is 17.8. The predicted molar refractivity (Wildman–Crippen MR) is 292 cm³/mol. The molecule has 3 saturated heterocycles. The lowest BCUT2D eigenvalue weighted by molar-refractivity contribution is -0.197. The monoisotopic (exact) mass is 1060 g/mol. The molecule has 0 aliphatic carbocycles. The Morgan fingerprint density at radius 2 is 1.05 bits per heavy atom. The Balaban J connectivity index is 0.000000204. The first kappa shape index (κ1) is 56.6. The third-order valence-corrected chi connectivity index (χ3v) is 13.8. The topological polar surface area (TPSA) is 305 Å². The van der Waals surface area contributed by atoms with Gasteiger partial charge in [-0.3, -0.25) is 9.13 Å². The predicted octanol–water partition coefficient (Wildman–Crippen LogP) is 4.74. The van der Waals surface area contributed by atoms with Gasteiger partial charge in [0.15, 0.2) is 41.2 Å². The molecule has 10 N–H and O–H groups in total. The van der Waals surface area contributed by atoms with Gasteiger partial charge < -0.3 is 71.7 Å². The van der Waals surface area contributed by atoms with Gasteiger partial charge in [0.05, 0.1) is 12.7 Å². The molecular formula is C53H76N16O8. The molecule has 7 heterocycles. The van der Waals surface area contributed by atoms with Gasteiger partial charge in [0.25, 0.3) is 0 Å². The van der Waals surface area contributed by atoms with Gasteiger partial charge in [0.2, 0.25) is 0 Å². The molecule has 0 saturated carbocycles. The summed E-state index contributed by atoms with van der Waals surface area (Å²) in [7, 11) is 3.93. The minimum Gasteiger partial charge on any atom is -0.387 e. The number of nitrogens with zero attached hydrogens (tertiary/aromatic N) is 10. The van der Waals surface area contributed by atoms with Crippen molar-refractivity contribution in [1.29, 1.82) is 0 Å². The van der Waals surface area contributed by atoms with Gasteiger partial charge in [0, 0.05) is 37.6 Å². The second kappa shape index (κ2) is 23.5. The van der Waals surface area contributed by atoms with Crippen molar-refractivity contribution in [3.63, 3.8) is 0 Å². The van der Waals surface area contributed by atoms with Crippen molar-refractivity contribution in [2.24, 2.45) is 0 Å². The average molecular weight is 1070 g/mol. The van der Waals surface area contributed by atoms with E-state index < -0.39 is 36.6 Å². The maximum absolute atomic E-state index is 12.4. The highest BCUT2D eigenvalue weighted by atomic mass is 16.8. The number of hydrogen-bond acceptors (Lipinski definition) is 18. The number of nitrogen functional groups attached to an aromatic ring is 2. The summed E-state index contributed by atoms with van der Waals surface area (Å²) >= 11 is 0. The Morgan fingerprint density at radius 1 is 0.623 bits per heavy atom. The van der Waals surface area contributed by atoms with Gasteiger partial charge in [-0.2, -0.15) is 0 Å². The van der Waals surface area contributed by atoms with Crippen LogP contribution in [0.5, 0.6) is 0 Å². The number of fused-ring (bicyclic) bond motifs is 3. The molecule has 9 rings (SSSR count). The Bertz CT molecular complexity index is 2940. The number of nitrogens with two attached hydrogens (primary N) is 2. The van der Waals surface area contributed by atoms with E-state index in [2.05, 4.69) is 97.6 Å². The zero-order chi connectivity index (χ0) is 55.4. The summed E-state index contributed by atoms with van der Waals surface area (Å²) < 4.78 is 28.4. The van der Waals surface area contributed by atoms with Crippen LogP contribution in [-0.4, -0.2) is 167 Å². The first-order valence-electron chi connectivity index (χ1n) is 26.0. The van der Waals surface area contributed by atoms with E-state index in [1.165, 1.54) is 30.1 Å². The number of urea groups is 2. The molecule has 4 amide bonds. The molecule has 3 aliphatic heterocycles. The number of carbonyl (C=O) groups is 2. The van der Waals surface area contributed by atoms with Crippen molar-refractivity contribution in [3.05, 3.63) is 85.0 Å². The molecule has 0 spiro atoms. The number of anilines is 4. The number of hydrogen-bond donors (Lipinski definition) is 8. The highest BCUT2D eigenvalue weighted by molar-refractivity contribution is 5.90. The van der Waals surface area contributed by atoms with Crippen molar-refractivity contribution in [3.8, 4) is 0 Å². The quantitative estimate of drug-likeness (QED) is 0.0607. The van der Waals surface area contributed by atoms with Gasteiger partial charge in [-0.15, -0.1) is 0 Å². The number of ether oxygens (including phenoxy) is 4. The lowest BCUT2D eigenvalue weighted by Gasteiger charge is -2.27. The smallest absolute Gasteiger partial charge is 0.319 e. The molecule has 3 aliphatic rings. The number of imidazole rings is 2. The van der Waals surface area contributed by atoms with Crippen molar-refractivity contribution in [2.45, 2.75) is 134 Å². The van der Waals surface area contributed by atoms with E-state index in [1.54, 1.807) is 10.9 Å². The van der Waals surface area contributed by atoms with Crippen LogP contribution in [0.3, 0.4) is 0 Å². The molecule has 8 atom stereocenters. The standard InChI is InChI=1S/C28H40N8O4.C25H36N8O4/c1-27(2,3)17-8-10-18(11-9-17)34-26(37)30-12-7-13-35(6)14-19-21-22(40-28(4,5)39-21)25(38-19)36-16-33-20-23(29)31-15-32-24(20)36;1-25(2,3)15-6-8-16(9-7-15)31-24(36)27-10-5-11-32(4)12-17-19(34)20(35)23(37-17)33-14-30-18-21(26)28-13-29-22(18)33/h8-11,15-16,19,21-22,25H,7,12-14H2,1-6H3,(H2,29,31,32)(H2,30,34,37);6-9,13-14,17,19-20,23,34-35H,5,10-12H2,1-4H3,(H2,26,28,29)(H2,27,31,36)/t19?,21-,22?,25-;17?,19-,20?,23-/m11/s1. The van der Waals surface area contributed by atoms with Crippen molar-refractivity contribution in [1.82, 2.24) is 59.5 Å². The molecule has 4 unspecified atom stereocenters. The molecule has 6 aromatic rings. The highest BCUT2D eigenvalue weighted by Crippen LogP contribution is 2.44. The van der Waals surface area contributed by atoms with Crippen LogP contribution in [0.2, 0.25) is 0 Å². The molecule has 24 nitrogen and oxygen atoms in total. The van der Waals surface area contributed by atoms with Crippen LogP contribution in [0.1, 0.15) is 91.8 Å². The number of aliphatic hydroxyl groups excluding tert-OH is 2. The maximum Gasteiger partial charge on any atom is 0.319 e. The summed E-state index contributed by atoms with van der Waals surface area (Å²) in [6, 6.07) is 15.3. The summed E-state index contributed by atoms with van der Waals surface area (Å²) in [6.45, 7) is 20.2. The maximum atomic E-state index is 12.4. The first-order chi connectivity index (χ1) is 36.5. The Hall–Kier alpha value is -6.64. The van der Waals surface area contributed by atoms with Gasteiger partial charge >= 0.3 is 12.1 Å². The zero-order valence-corrected chi connectivity index (χ0v) is 45.7. The number of carbonyl (C=O) groups excluding carboxylic acids is 2. The molecular weight excluding hydrogens is 989 g/mol. The molecule has 24 heteroatoms. The number of benzene rings is 2. The second-order valence-corrected chi connectivity index (χ2v) is 22.5. The minimum absolute atomic E-state index is 0.0583. The van der Waals surface area contributed by atoms with E-state index in [0.717, 1.165) is 24.3 Å². The Kier molecular flexibility index (Phi) is 17.3. The van der Waals surface area contributed by atoms with Crippen molar-refractivity contribution < 1.29 is 38.7 Å². The number of likely N-dealkylation sites (N-methyl/N-ethyl adjacent to an activating group) is 2. The van der Waals surface area contributed by atoms with Gasteiger partial charge in [-0.1, -0.05) is 65.8 Å². The largest absolute Gasteiger partial charge is 0.387 e. The number of aromatic nitrogens is 8. The normalized spacial score (nSPS) is 23.0. The van der Waals surface area contributed by atoms with Crippen LogP contribution in [0.15, 0.2) is 73.8 Å². The van der Waals surface area contributed by atoms with Crippen LogP contribution in [0.25, 0.3) is 22.3 Å². The van der Waals surface area contributed by atoms with Gasteiger partial charge in [-0.25, -0.2) is 39.5 Å². The third kappa shape index (κ3) is 13.7. The fourth-order valence-corrected chi connectivity index (χ4v) is 9.61. The SMILES string of the molecule is CN(CCCNC(=O)Nc1ccc(C(C)(C)C)cc1)CC1O[C@@H](n2cnc3c(N)ncnc32)C(O)[C@@H]1O.CN(CCCNC(=O)Nc1ccc(C(C)(C)C)cc1)CC1O[C@@H](n2cnc3c(N)ncnc32)C2OC(C)(C)O[C@H]12. The average Bonchev–Trinajstić information content (AvgIpc) is 4.25. The molecule has 77 heavy (non-hydrogen) atoms. The second-order valence-electron chi connectivity index (χ2n) is 22.5. The summed E-state index contributed by atoms with van der Waals surface area (Å²) in [5.74, 6) is -0.184. The first-order valence-corrected chi connectivity index (χ1v) is 26.0. The fourth-order valence-electron chi connectivity index (χ4n) is 9.61. The number of aliphatic hydroxyl groups is 2. The van der Waals surface area contributed by atoms with Crippen molar-refractivity contribution >= 4 is 57.4 Å². The molecule has 0 radical (unpaired) electrons. The van der Waals surface area contributed by atoms with E-state index in [9.17, 15) is 19.8 Å². The minimum atomic E-state index is -1.16. The summed E-state index contributed by atoms with van der Waals surface area (Å²) in [5, 5.41) is 32.7. The van der Waals surface area contributed by atoms with Crippen LogP contribution < -0.4 is 32.7 Å². The zero-order valence-electron chi connectivity index (χ0n) is 45.7. The van der Waals surface area contributed by atoms with Gasteiger partial charge in [0.1, 0.15) is 60.3 Å². The van der Waals surface area contributed by atoms with Crippen LogP contribution >= 0.6 is 0 Å². The Morgan fingerprint density at radius 3 is 1.52 bits per heavy atom. The molecule has 2 aromatic carbocycles. The number of amides is 4. The van der Waals surface area contributed by atoms with E-state index in [4.69, 9.17) is 30.4 Å². The van der Waals surface area contributed by atoms with Crippen LogP contribution in [0.4, 0.5) is 32.6 Å². The fraction of sp³-hybridized carbons (Fsp3) is 0.547. The molecule has 0 bridgehead atoms. The van der Waals surface area contributed by atoms with Crippen LogP contribution in [-0.2, 0) is 29.8 Å². The third-order valence-electron chi connectivity index (χ3n) is 13.8. The Labute approximate surface area is 448 Å². The van der Waals surface area contributed by atoms with E-state index in [-0.39, 0.29) is 47.0 Å². The van der Waals surface area contributed by atoms with E-state index >= 15 is 0 Å². The lowest BCUT2D eigenvalue weighted by Crippen LogP contribution is -2.39. The molecule has 416 valence electrons. The van der Waals surface area contributed by atoms with E-state index in [0.29, 0.717) is 67.3 Å². The number of nitrogens with one attached hydrogen (secondary N) is 4. The van der Waals surface area contributed by atoms with Crippen molar-refractivity contribution in [2.75, 3.05) is 75.5 Å².